The molecule has 1 saturated heterocycles. The van der Waals surface area contributed by atoms with Gasteiger partial charge in [0.2, 0.25) is 0 Å². The maximum atomic E-state index is 12.6. The number of rotatable bonds is 6. The molecule has 8 heteroatoms. The average molecular weight is 473 g/mol. The van der Waals surface area contributed by atoms with Crippen molar-refractivity contribution in [1.82, 2.24) is 9.97 Å². The van der Waals surface area contributed by atoms with Gasteiger partial charge in [0.15, 0.2) is 6.61 Å². The Bertz CT molecular complexity index is 1340. The third kappa shape index (κ3) is 4.77. The Morgan fingerprint density at radius 2 is 1.88 bits per heavy atom. The van der Waals surface area contributed by atoms with Gasteiger partial charge in [-0.25, -0.2) is 14.8 Å². The van der Waals surface area contributed by atoms with Crippen LogP contribution in [-0.2, 0) is 9.53 Å². The third-order valence-electron chi connectivity index (χ3n) is 5.71. The molecule has 5 rings (SSSR count). The topological polar surface area (TPSA) is 84.4 Å². The second-order valence-corrected chi connectivity index (χ2v) is 9.29. The Kier molecular flexibility index (Phi) is 6.22. The van der Waals surface area contributed by atoms with Gasteiger partial charge in [-0.15, -0.1) is 11.3 Å². The van der Waals surface area contributed by atoms with Crippen LogP contribution in [0.2, 0.25) is 0 Å². The first-order chi connectivity index (χ1) is 16.6. The van der Waals surface area contributed by atoms with Crippen LogP contribution in [0.5, 0.6) is 0 Å². The van der Waals surface area contributed by atoms with E-state index in [1.165, 1.54) is 5.56 Å². The summed E-state index contributed by atoms with van der Waals surface area (Å²) in [4.78, 5) is 36.1. The van der Waals surface area contributed by atoms with E-state index in [4.69, 9.17) is 9.72 Å². The van der Waals surface area contributed by atoms with Crippen LogP contribution in [0.4, 0.5) is 11.5 Å². The molecule has 0 bridgehead atoms. The summed E-state index contributed by atoms with van der Waals surface area (Å²) in [6.07, 6.45) is 3.81. The molecule has 1 fully saturated rings. The Labute approximate surface area is 201 Å². The van der Waals surface area contributed by atoms with Gasteiger partial charge in [0.1, 0.15) is 16.4 Å². The second kappa shape index (κ2) is 9.61. The monoisotopic (exact) mass is 472 g/mol. The first-order valence-electron chi connectivity index (χ1n) is 11.2. The fraction of sp³-hybridized carbons (Fsp3) is 0.231. The molecular formula is C26H24N4O3S. The highest BCUT2D eigenvalue weighted by Crippen LogP contribution is 2.31. The van der Waals surface area contributed by atoms with Crippen LogP contribution in [0.15, 0.2) is 60.8 Å². The SMILES string of the molecule is Cc1ccc2nc(-c3ccc(NC(=O)COC(=O)c4cccnc4N4CCCC4)cc3)sc2c1. The number of nitrogens with zero attached hydrogens (tertiary/aromatic N) is 3. The molecule has 1 amide bonds. The summed E-state index contributed by atoms with van der Waals surface area (Å²) < 4.78 is 6.42. The van der Waals surface area contributed by atoms with Crippen molar-refractivity contribution in [3.63, 3.8) is 0 Å². The van der Waals surface area contributed by atoms with Crippen molar-refractivity contribution in [1.29, 1.82) is 0 Å². The predicted octanol–water partition coefficient (Wildman–Crippen LogP) is 5.06. The van der Waals surface area contributed by atoms with Gasteiger partial charge in [-0.3, -0.25) is 4.79 Å². The number of pyridine rings is 1. The summed E-state index contributed by atoms with van der Waals surface area (Å²) in [5.74, 6) is -0.333. The molecule has 172 valence electrons. The maximum absolute atomic E-state index is 12.6. The van der Waals surface area contributed by atoms with Crippen LogP contribution < -0.4 is 10.2 Å². The van der Waals surface area contributed by atoms with E-state index in [9.17, 15) is 9.59 Å². The van der Waals surface area contributed by atoms with Crippen LogP contribution in [0.25, 0.3) is 20.8 Å². The van der Waals surface area contributed by atoms with Crippen LogP contribution in [0.3, 0.4) is 0 Å². The summed E-state index contributed by atoms with van der Waals surface area (Å²) in [5.41, 5.74) is 4.17. The lowest BCUT2D eigenvalue weighted by molar-refractivity contribution is -0.119. The predicted molar refractivity (Wildman–Crippen MR) is 134 cm³/mol. The van der Waals surface area contributed by atoms with Crippen LogP contribution in [-0.4, -0.2) is 41.5 Å². The largest absolute Gasteiger partial charge is 0.452 e. The Hall–Kier alpha value is -3.78. The highest BCUT2D eigenvalue weighted by molar-refractivity contribution is 7.21. The standard InChI is InChI=1S/C26H24N4O3S/c1-17-6-11-21-22(15-17)34-25(29-21)18-7-9-19(10-8-18)28-23(31)16-33-26(32)20-5-4-12-27-24(20)30-13-2-3-14-30/h4-12,15H,2-3,13-14,16H2,1H3,(H,28,31). The lowest BCUT2D eigenvalue weighted by Crippen LogP contribution is -2.24. The number of carbonyl (C=O) groups excluding carboxylic acids is 2. The molecule has 1 aliphatic rings. The number of carbonyl (C=O) groups is 2. The van der Waals surface area contributed by atoms with E-state index in [0.717, 1.165) is 46.7 Å². The number of nitrogens with one attached hydrogen (secondary N) is 1. The van der Waals surface area contributed by atoms with Gasteiger partial charge in [-0.05, 0) is 73.9 Å². The molecule has 2 aromatic carbocycles. The number of aryl methyl sites for hydroxylation is 1. The van der Waals surface area contributed by atoms with E-state index in [2.05, 4.69) is 34.3 Å². The van der Waals surface area contributed by atoms with Crippen LogP contribution in [0, 0.1) is 6.92 Å². The number of amides is 1. The van der Waals surface area contributed by atoms with Crippen molar-refractivity contribution in [3.8, 4) is 10.6 Å². The van der Waals surface area contributed by atoms with Crippen molar-refractivity contribution >= 4 is 44.9 Å². The molecular weight excluding hydrogens is 448 g/mol. The maximum Gasteiger partial charge on any atom is 0.342 e. The van der Waals surface area contributed by atoms with E-state index < -0.39 is 11.9 Å². The zero-order chi connectivity index (χ0) is 23.5. The molecule has 0 atom stereocenters. The Morgan fingerprint density at radius 1 is 1.09 bits per heavy atom. The zero-order valence-corrected chi connectivity index (χ0v) is 19.6. The van der Waals surface area contributed by atoms with Gasteiger partial charge in [0.05, 0.1) is 10.2 Å². The first kappa shape index (κ1) is 22.0. The van der Waals surface area contributed by atoms with Crippen molar-refractivity contribution in [3.05, 3.63) is 71.9 Å². The molecule has 4 aromatic rings. The number of hydrogen-bond donors (Lipinski definition) is 1. The molecule has 2 aromatic heterocycles. The molecule has 34 heavy (non-hydrogen) atoms. The molecule has 0 aliphatic carbocycles. The van der Waals surface area contributed by atoms with Crippen molar-refractivity contribution in [2.45, 2.75) is 19.8 Å². The van der Waals surface area contributed by atoms with Crippen molar-refractivity contribution in [2.75, 3.05) is 29.9 Å². The number of aromatic nitrogens is 2. The van der Waals surface area contributed by atoms with Crippen molar-refractivity contribution < 1.29 is 14.3 Å². The lowest BCUT2D eigenvalue weighted by atomic mass is 10.2. The van der Waals surface area contributed by atoms with E-state index in [1.807, 2.05) is 30.3 Å². The van der Waals surface area contributed by atoms with Gasteiger partial charge in [-0.2, -0.15) is 0 Å². The number of hydrogen-bond acceptors (Lipinski definition) is 7. The van der Waals surface area contributed by atoms with Crippen LogP contribution in [0.1, 0.15) is 28.8 Å². The quantitative estimate of drug-likeness (QED) is 0.395. The third-order valence-corrected chi connectivity index (χ3v) is 6.77. The van der Waals surface area contributed by atoms with E-state index in [0.29, 0.717) is 17.1 Å². The molecule has 3 heterocycles. The molecule has 0 saturated carbocycles. The summed E-state index contributed by atoms with van der Waals surface area (Å²) >= 11 is 1.64. The zero-order valence-electron chi connectivity index (χ0n) is 18.8. The van der Waals surface area contributed by atoms with Gasteiger partial charge in [0, 0.05) is 30.5 Å². The average Bonchev–Trinajstić information content (AvgIpc) is 3.53. The van der Waals surface area contributed by atoms with Gasteiger partial charge in [-0.1, -0.05) is 6.07 Å². The fourth-order valence-corrected chi connectivity index (χ4v) is 5.06. The number of ether oxygens (including phenoxy) is 1. The van der Waals surface area contributed by atoms with Gasteiger partial charge >= 0.3 is 5.97 Å². The summed E-state index contributed by atoms with van der Waals surface area (Å²) in [5, 5.41) is 3.70. The molecule has 1 aliphatic heterocycles. The minimum absolute atomic E-state index is 0.369. The number of fused-ring (bicyclic) bond motifs is 1. The number of benzene rings is 2. The molecule has 0 spiro atoms. The van der Waals surface area contributed by atoms with Gasteiger partial charge in [0.25, 0.3) is 5.91 Å². The molecule has 0 unspecified atom stereocenters. The Balaban J connectivity index is 1.19. The normalized spacial score (nSPS) is 13.3. The number of thiazole rings is 1. The van der Waals surface area contributed by atoms with E-state index >= 15 is 0 Å². The molecule has 0 radical (unpaired) electrons. The smallest absolute Gasteiger partial charge is 0.342 e. The second-order valence-electron chi connectivity index (χ2n) is 8.26. The molecule has 7 nitrogen and oxygen atoms in total. The van der Waals surface area contributed by atoms with Crippen LogP contribution >= 0.6 is 11.3 Å². The number of anilines is 2. The number of esters is 1. The summed E-state index contributed by atoms with van der Waals surface area (Å²) in [6, 6.07) is 17.1. The minimum Gasteiger partial charge on any atom is -0.452 e. The summed E-state index contributed by atoms with van der Waals surface area (Å²) in [6.45, 7) is 3.43. The lowest BCUT2D eigenvalue weighted by Gasteiger charge is -2.18. The molecule has 1 N–H and O–H groups in total. The van der Waals surface area contributed by atoms with E-state index in [-0.39, 0.29) is 6.61 Å². The highest BCUT2D eigenvalue weighted by atomic mass is 32.1. The fourth-order valence-electron chi connectivity index (χ4n) is 3.99. The highest BCUT2D eigenvalue weighted by Gasteiger charge is 2.22. The minimum atomic E-state index is -0.549. The van der Waals surface area contributed by atoms with E-state index in [1.54, 1.807) is 29.7 Å². The van der Waals surface area contributed by atoms with Gasteiger partial charge < -0.3 is 15.0 Å². The van der Waals surface area contributed by atoms with Crippen molar-refractivity contribution in [2.24, 2.45) is 0 Å². The summed E-state index contributed by atoms with van der Waals surface area (Å²) in [7, 11) is 0. The first-order valence-corrected chi connectivity index (χ1v) is 12.0. The Morgan fingerprint density at radius 3 is 2.68 bits per heavy atom.